The molecule has 6 heteroatoms. The molecule has 0 atom stereocenters. The second-order valence-electron chi connectivity index (χ2n) is 3.13. The molecule has 0 aliphatic carbocycles. The van der Waals surface area contributed by atoms with Crippen LogP contribution in [0.3, 0.4) is 0 Å². The largest absolute Gasteiger partial charge is 0.394 e. The van der Waals surface area contributed by atoms with Crippen LogP contribution in [0.25, 0.3) is 0 Å². The van der Waals surface area contributed by atoms with Crippen LogP contribution in [0.1, 0.15) is 5.56 Å². The molecule has 0 amide bonds. The molecule has 0 aromatic heterocycles. The van der Waals surface area contributed by atoms with Crippen LogP contribution in [-0.4, -0.2) is 29.5 Å². The lowest BCUT2D eigenvalue weighted by molar-refractivity contribution is 0.203. The number of nitriles is 1. The molecule has 0 aliphatic heterocycles. The van der Waals surface area contributed by atoms with Crippen molar-refractivity contribution in [2.75, 3.05) is 18.5 Å². The minimum Gasteiger partial charge on any atom is -0.394 e. The number of benzene rings is 1. The highest BCUT2D eigenvalue weighted by molar-refractivity contribution is 5.51. The van der Waals surface area contributed by atoms with Gasteiger partial charge in [0.05, 0.1) is 30.9 Å². The summed E-state index contributed by atoms with van der Waals surface area (Å²) in [6.45, 7) is -0.926. The summed E-state index contributed by atoms with van der Waals surface area (Å²) in [5.74, 6) is -1.88. The zero-order chi connectivity index (χ0) is 12.1. The Morgan fingerprint density at radius 1 is 1.25 bits per heavy atom. The van der Waals surface area contributed by atoms with Crippen LogP contribution in [0.5, 0.6) is 0 Å². The lowest BCUT2D eigenvalue weighted by Crippen LogP contribution is -2.28. The predicted octanol–water partition coefficient (Wildman–Crippen LogP) is 0.602. The summed E-state index contributed by atoms with van der Waals surface area (Å²) in [6.07, 6.45) is 0. The van der Waals surface area contributed by atoms with E-state index in [4.69, 9.17) is 15.5 Å². The van der Waals surface area contributed by atoms with Crippen LogP contribution in [0.2, 0.25) is 0 Å². The second-order valence-corrected chi connectivity index (χ2v) is 3.13. The van der Waals surface area contributed by atoms with Gasteiger partial charge in [-0.05, 0) is 12.1 Å². The molecule has 0 bridgehead atoms. The zero-order valence-corrected chi connectivity index (χ0v) is 8.24. The average Bonchev–Trinajstić information content (AvgIpc) is 2.28. The molecule has 0 unspecified atom stereocenters. The van der Waals surface area contributed by atoms with Crippen LogP contribution < -0.4 is 5.32 Å². The number of rotatable bonds is 4. The van der Waals surface area contributed by atoms with Crippen LogP contribution >= 0.6 is 0 Å². The number of aliphatic hydroxyl groups is 2. The lowest BCUT2D eigenvalue weighted by atomic mass is 10.2. The highest BCUT2D eigenvalue weighted by Crippen LogP contribution is 2.21. The van der Waals surface area contributed by atoms with Crippen LogP contribution in [0.15, 0.2) is 12.1 Å². The number of halogens is 2. The average molecular weight is 228 g/mol. The van der Waals surface area contributed by atoms with E-state index in [2.05, 4.69) is 5.32 Å². The molecule has 0 heterocycles. The Balaban J connectivity index is 3.01. The Bertz CT molecular complexity index is 391. The first-order valence-electron chi connectivity index (χ1n) is 4.49. The third-order valence-corrected chi connectivity index (χ3v) is 1.96. The van der Waals surface area contributed by atoms with Crippen molar-refractivity contribution in [3.8, 4) is 6.07 Å². The molecule has 0 fully saturated rings. The quantitative estimate of drug-likeness (QED) is 0.705. The summed E-state index contributed by atoms with van der Waals surface area (Å²) in [5, 5.41) is 28.3. The van der Waals surface area contributed by atoms with Gasteiger partial charge >= 0.3 is 0 Å². The minimum atomic E-state index is -0.941. The van der Waals surface area contributed by atoms with Gasteiger partial charge in [0.15, 0.2) is 11.6 Å². The van der Waals surface area contributed by atoms with Crippen molar-refractivity contribution in [1.82, 2.24) is 0 Å². The molecule has 16 heavy (non-hydrogen) atoms. The van der Waals surface area contributed by atoms with Crippen LogP contribution in [-0.2, 0) is 0 Å². The predicted molar refractivity (Wildman–Crippen MR) is 52.7 cm³/mol. The first-order valence-corrected chi connectivity index (χ1v) is 4.49. The Labute approximate surface area is 90.8 Å². The van der Waals surface area contributed by atoms with E-state index in [-0.39, 0.29) is 5.56 Å². The zero-order valence-electron chi connectivity index (χ0n) is 8.24. The van der Waals surface area contributed by atoms with Gasteiger partial charge < -0.3 is 15.5 Å². The Morgan fingerprint density at radius 3 is 2.12 bits per heavy atom. The maximum Gasteiger partial charge on any atom is 0.150 e. The van der Waals surface area contributed by atoms with E-state index in [0.717, 1.165) is 12.1 Å². The van der Waals surface area contributed by atoms with Gasteiger partial charge in [-0.3, -0.25) is 0 Å². The number of nitrogens with zero attached hydrogens (tertiary/aromatic N) is 1. The maximum atomic E-state index is 13.3. The third kappa shape index (κ3) is 2.66. The highest BCUT2D eigenvalue weighted by Gasteiger charge is 2.14. The van der Waals surface area contributed by atoms with Gasteiger partial charge in [-0.25, -0.2) is 8.78 Å². The van der Waals surface area contributed by atoms with E-state index >= 15 is 0 Å². The van der Waals surface area contributed by atoms with Gasteiger partial charge in [-0.15, -0.1) is 0 Å². The number of aliphatic hydroxyl groups excluding tert-OH is 2. The van der Waals surface area contributed by atoms with Gasteiger partial charge in [0.25, 0.3) is 0 Å². The first-order chi connectivity index (χ1) is 7.62. The van der Waals surface area contributed by atoms with Gasteiger partial charge in [0.1, 0.15) is 5.69 Å². The molecule has 0 aliphatic rings. The van der Waals surface area contributed by atoms with Crippen molar-refractivity contribution < 1.29 is 19.0 Å². The minimum absolute atomic E-state index is 0.134. The molecule has 1 aromatic carbocycles. The van der Waals surface area contributed by atoms with E-state index in [9.17, 15) is 8.78 Å². The summed E-state index contributed by atoms with van der Waals surface area (Å²) >= 11 is 0. The summed E-state index contributed by atoms with van der Waals surface area (Å²) in [4.78, 5) is 0. The summed E-state index contributed by atoms with van der Waals surface area (Å²) in [5.41, 5.74) is -0.600. The SMILES string of the molecule is N#Cc1cc(F)c(NC(CO)CO)c(F)c1. The summed E-state index contributed by atoms with van der Waals surface area (Å²) < 4.78 is 26.6. The van der Waals surface area contributed by atoms with E-state index in [1.54, 1.807) is 6.07 Å². The van der Waals surface area contributed by atoms with Crippen LogP contribution in [0, 0.1) is 23.0 Å². The van der Waals surface area contributed by atoms with Crippen molar-refractivity contribution in [3.63, 3.8) is 0 Å². The maximum absolute atomic E-state index is 13.3. The molecule has 0 saturated heterocycles. The summed E-state index contributed by atoms with van der Waals surface area (Å²) in [6, 6.07) is 2.51. The standard InChI is InChI=1S/C10H10F2N2O2/c11-8-1-6(3-13)2-9(12)10(8)14-7(4-15)5-16/h1-2,7,14-16H,4-5H2. The van der Waals surface area contributed by atoms with Crippen LogP contribution in [0.4, 0.5) is 14.5 Å². The molecule has 0 spiro atoms. The highest BCUT2D eigenvalue weighted by atomic mass is 19.1. The fraction of sp³-hybridized carbons (Fsp3) is 0.300. The van der Waals surface area contributed by atoms with Crippen molar-refractivity contribution >= 4 is 5.69 Å². The Morgan fingerprint density at radius 2 is 1.75 bits per heavy atom. The number of hydrogen-bond donors (Lipinski definition) is 3. The molecule has 1 aromatic rings. The third-order valence-electron chi connectivity index (χ3n) is 1.96. The molecular weight excluding hydrogens is 218 g/mol. The molecule has 4 nitrogen and oxygen atoms in total. The number of nitrogens with one attached hydrogen (secondary N) is 1. The number of hydrogen-bond acceptors (Lipinski definition) is 4. The van der Waals surface area contributed by atoms with Crippen molar-refractivity contribution in [1.29, 1.82) is 5.26 Å². The molecule has 86 valence electrons. The molecule has 1 rings (SSSR count). The van der Waals surface area contributed by atoms with E-state index in [1.807, 2.05) is 0 Å². The van der Waals surface area contributed by atoms with E-state index in [1.165, 1.54) is 0 Å². The lowest BCUT2D eigenvalue weighted by Gasteiger charge is -2.15. The fourth-order valence-electron chi connectivity index (χ4n) is 1.13. The van der Waals surface area contributed by atoms with Gasteiger partial charge in [-0.2, -0.15) is 5.26 Å². The van der Waals surface area contributed by atoms with Crippen molar-refractivity contribution in [2.24, 2.45) is 0 Å². The number of anilines is 1. The van der Waals surface area contributed by atoms with Crippen molar-refractivity contribution in [2.45, 2.75) is 6.04 Å². The monoisotopic (exact) mass is 228 g/mol. The topological polar surface area (TPSA) is 76.3 Å². The first kappa shape index (κ1) is 12.4. The second kappa shape index (κ2) is 5.39. The van der Waals surface area contributed by atoms with E-state index in [0.29, 0.717) is 0 Å². The summed E-state index contributed by atoms with van der Waals surface area (Å²) in [7, 11) is 0. The normalized spacial score (nSPS) is 10.2. The molecular formula is C10H10F2N2O2. The van der Waals surface area contributed by atoms with Crippen molar-refractivity contribution in [3.05, 3.63) is 29.3 Å². The Hall–Kier alpha value is -1.71. The Kier molecular flexibility index (Phi) is 4.17. The molecule has 3 N–H and O–H groups in total. The van der Waals surface area contributed by atoms with Gasteiger partial charge in [0, 0.05) is 0 Å². The van der Waals surface area contributed by atoms with Gasteiger partial charge in [-0.1, -0.05) is 0 Å². The van der Waals surface area contributed by atoms with Gasteiger partial charge in [0.2, 0.25) is 0 Å². The van der Waals surface area contributed by atoms with E-state index < -0.39 is 36.6 Å². The molecule has 0 saturated carbocycles. The molecule has 0 radical (unpaired) electrons. The smallest absolute Gasteiger partial charge is 0.150 e. The fourth-order valence-corrected chi connectivity index (χ4v) is 1.13.